The Morgan fingerprint density at radius 3 is 2.75 bits per heavy atom. The van der Waals surface area contributed by atoms with Gasteiger partial charge in [0, 0.05) is 45.2 Å². The molecule has 0 aliphatic carbocycles. The van der Waals surface area contributed by atoms with Gasteiger partial charge in [0.1, 0.15) is 12.4 Å². The summed E-state index contributed by atoms with van der Waals surface area (Å²) in [6.45, 7) is 5.99. The van der Waals surface area contributed by atoms with Crippen molar-refractivity contribution in [3.8, 4) is 5.75 Å². The molecule has 5 nitrogen and oxygen atoms in total. The van der Waals surface area contributed by atoms with Crippen LogP contribution < -0.4 is 10.1 Å². The number of benzene rings is 1. The first-order valence-electron chi connectivity index (χ1n) is 8.83. The molecule has 1 atom stereocenters. The molecule has 2 saturated heterocycles. The lowest BCUT2D eigenvalue weighted by atomic mass is 10.1. The highest BCUT2D eigenvalue weighted by Gasteiger charge is 2.24. The van der Waals surface area contributed by atoms with Gasteiger partial charge in [0.2, 0.25) is 5.91 Å². The van der Waals surface area contributed by atoms with Crippen LogP contribution in [-0.4, -0.2) is 67.6 Å². The molecule has 0 saturated carbocycles. The van der Waals surface area contributed by atoms with Crippen LogP contribution in [0.4, 0.5) is 0 Å². The van der Waals surface area contributed by atoms with Crippen LogP contribution in [-0.2, 0) is 4.79 Å². The fourth-order valence-electron chi connectivity index (χ4n) is 3.34. The van der Waals surface area contributed by atoms with Crippen molar-refractivity contribution in [2.45, 2.75) is 25.3 Å². The van der Waals surface area contributed by atoms with E-state index in [1.807, 2.05) is 29.2 Å². The zero-order chi connectivity index (χ0) is 16.8. The highest BCUT2D eigenvalue weighted by atomic mass is 35.5. The first-order valence-corrected chi connectivity index (χ1v) is 9.21. The van der Waals surface area contributed by atoms with E-state index in [4.69, 9.17) is 16.3 Å². The molecule has 2 fully saturated rings. The van der Waals surface area contributed by atoms with Gasteiger partial charge in [-0.1, -0.05) is 23.7 Å². The maximum Gasteiger partial charge on any atom is 0.224 e. The van der Waals surface area contributed by atoms with Crippen LogP contribution in [0.3, 0.4) is 0 Å². The number of amides is 1. The average molecular weight is 352 g/mol. The van der Waals surface area contributed by atoms with Gasteiger partial charge in [0.05, 0.1) is 5.02 Å². The molecule has 2 aliphatic rings. The van der Waals surface area contributed by atoms with Crippen molar-refractivity contribution in [2.24, 2.45) is 0 Å². The van der Waals surface area contributed by atoms with Crippen LogP contribution in [0.5, 0.6) is 5.75 Å². The Morgan fingerprint density at radius 1 is 1.25 bits per heavy atom. The topological polar surface area (TPSA) is 44.8 Å². The molecule has 0 radical (unpaired) electrons. The molecule has 1 amide bonds. The minimum atomic E-state index is 0.293. The predicted octanol–water partition coefficient (Wildman–Crippen LogP) is 2.01. The summed E-state index contributed by atoms with van der Waals surface area (Å²) in [4.78, 5) is 16.7. The fraction of sp³-hybridized carbons (Fsp3) is 0.611. The summed E-state index contributed by atoms with van der Waals surface area (Å²) in [6.07, 6.45) is 2.97. The number of piperazine rings is 1. The van der Waals surface area contributed by atoms with Gasteiger partial charge in [-0.25, -0.2) is 0 Å². The maximum atomic E-state index is 12.3. The molecule has 0 aromatic heterocycles. The molecule has 1 aromatic carbocycles. The smallest absolute Gasteiger partial charge is 0.224 e. The second kappa shape index (κ2) is 8.70. The van der Waals surface area contributed by atoms with E-state index in [0.717, 1.165) is 51.4 Å². The number of nitrogens with one attached hydrogen (secondary N) is 1. The zero-order valence-electron chi connectivity index (χ0n) is 14.0. The number of halogens is 1. The number of nitrogens with zero attached hydrogens (tertiary/aromatic N) is 2. The minimum absolute atomic E-state index is 0.293. The molecular weight excluding hydrogens is 326 g/mol. The van der Waals surface area contributed by atoms with Gasteiger partial charge in [-0.3, -0.25) is 9.69 Å². The molecule has 0 bridgehead atoms. The Labute approximate surface area is 148 Å². The Kier molecular flexibility index (Phi) is 6.35. The monoisotopic (exact) mass is 351 g/mol. The van der Waals surface area contributed by atoms with E-state index in [-0.39, 0.29) is 0 Å². The summed E-state index contributed by atoms with van der Waals surface area (Å²) in [6, 6.07) is 7.92. The molecule has 1 unspecified atom stereocenters. The molecular formula is C18H26ClN3O2. The molecule has 2 heterocycles. The van der Waals surface area contributed by atoms with Crippen LogP contribution in [0.1, 0.15) is 19.3 Å². The summed E-state index contributed by atoms with van der Waals surface area (Å²) in [5, 5.41) is 4.04. The second-order valence-electron chi connectivity index (χ2n) is 6.50. The van der Waals surface area contributed by atoms with E-state index in [1.165, 1.54) is 6.42 Å². The van der Waals surface area contributed by atoms with E-state index >= 15 is 0 Å². The standard InChI is InChI=1S/C18H26ClN3O2/c19-16-5-1-2-6-17(16)24-13-12-21-8-10-22(11-9-21)18(23)14-15-4-3-7-20-15/h1-2,5-6,15,20H,3-4,7-14H2. The van der Waals surface area contributed by atoms with Gasteiger partial charge in [-0.15, -0.1) is 0 Å². The lowest BCUT2D eigenvalue weighted by molar-refractivity contribution is -0.133. The summed E-state index contributed by atoms with van der Waals surface area (Å²) in [7, 11) is 0. The maximum absolute atomic E-state index is 12.3. The predicted molar refractivity (Wildman–Crippen MR) is 95.6 cm³/mol. The third kappa shape index (κ3) is 4.85. The van der Waals surface area contributed by atoms with Crippen molar-refractivity contribution in [1.29, 1.82) is 0 Å². The molecule has 3 rings (SSSR count). The van der Waals surface area contributed by atoms with E-state index in [1.54, 1.807) is 0 Å². The summed E-state index contributed by atoms with van der Waals surface area (Å²) < 4.78 is 5.74. The zero-order valence-corrected chi connectivity index (χ0v) is 14.8. The number of carbonyl (C=O) groups excluding carboxylic acids is 1. The van der Waals surface area contributed by atoms with E-state index in [0.29, 0.717) is 30.0 Å². The molecule has 1 aromatic rings. The second-order valence-corrected chi connectivity index (χ2v) is 6.91. The molecule has 1 N–H and O–H groups in total. The Bertz CT molecular complexity index is 541. The summed E-state index contributed by atoms with van der Waals surface area (Å²) in [5.74, 6) is 1.03. The third-order valence-corrected chi connectivity index (χ3v) is 5.12. The van der Waals surface area contributed by atoms with Crippen LogP contribution >= 0.6 is 11.6 Å². The van der Waals surface area contributed by atoms with Crippen molar-refractivity contribution in [3.05, 3.63) is 29.3 Å². The van der Waals surface area contributed by atoms with Gasteiger partial charge in [-0.2, -0.15) is 0 Å². The van der Waals surface area contributed by atoms with Crippen molar-refractivity contribution < 1.29 is 9.53 Å². The third-order valence-electron chi connectivity index (χ3n) is 4.81. The van der Waals surface area contributed by atoms with Crippen LogP contribution in [0.15, 0.2) is 24.3 Å². The molecule has 0 spiro atoms. The minimum Gasteiger partial charge on any atom is -0.491 e. The first-order chi connectivity index (χ1) is 11.7. The van der Waals surface area contributed by atoms with Gasteiger partial charge >= 0.3 is 0 Å². The van der Waals surface area contributed by atoms with E-state index in [2.05, 4.69) is 10.2 Å². The first kappa shape index (κ1) is 17.5. The number of para-hydroxylation sites is 1. The number of rotatable bonds is 6. The van der Waals surface area contributed by atoms with Crippen LogP contribution in [0, 0.1) is 0 Å². The SMILES string of the molecule is O=C(CC1CCCN1)N1CCN(CCOc2ccccc2Cl)CC1. The summed E-state index contributed by atoms with van der Waals surface area (Å²) >= 11 is 6.08. The van der Waals surface area contributed by atoms with Gasteiger partial charge in [0.25, 0.3) is 0 Å². The molecule has 2 aliphatic heterocycles. The highest BCUT2D eigenvalue weighted by Crippen LogP contribution is 2.23. The van der Waals surface area contributed by atoms with Gasteiger partial charge in [-0.05, 0) is 31.5 Å². The van der Waals surface area contributed by atoms with Crippen molar-refractivity contribution in [2.75, 3.05) is 45.9 Å². The van der Waals surface area contributed by atoms with Crippen LogP contribution in [0.2, 0.25) is 5.02 Å². The Morgan fingerprint density at radius 2 is 2.04 bits per heavy atom. The number of ether oxygens (including phenoxy) is 1. The van der Waals surface area contributed by atoms with E-state index in [9.17, 15) is 4.79 Å². The molecule has 132 valence electrons. The summed E-state index contributed by atoms with van der Waals surface area (Å²) in [5.41, 5.74) is 0. The lowest BCUT2D eigenvalue weighted by Gasteiger charge is -2.35. The number of hydrogen-bond donors (Lipinski definition) is 1. The Balaban J connectivity index is 1.34. The number of hydrogen-bond acceptors (Lipinski definition) is 4. The number of carbonyl (C=O) groups is 1. The van der Waals surface area contributed by atoms with E-state index < -0.39 is 0 Å². The van der Waals surface area contributed by atoms with Crippen molar-refractivity contribution in [1.82, 2.24) is 15.1 Å². The lowest BCUT2D eigenvalue weighted by Crippen LogP contribution is -2.50. The molecule has 24 heavy (non-hydrogen) atoms. The van der Waals surface area contributed by atoms with Crippen molar-refractivity contribution in [3.63, 3.8) is 0 Å². The van der Waals surface area contributed by atoms with Crippen LogP contribution in [0.25, 0.3) is 0 Å². The average Bonchev–Trinajstić information content (AvgIpc) is 3.10. The van der Waals surface area contributed by atoms with Crippen molar-refractivity contribution >= 4 is 17.5 Å². The highest BCUT2D eigenvalue weighted by molar-refractivity contribution is 6.32. The van der Waals surface area contributed by atoms with Gasteiger partial charge < -0.3 is 15.0 Å². The van der Waals surface area contributed by atoms with Gasteiger partial charge in [0.15, 0.2) is 0 Å². The normalized spacial score (nSPS) is 21.9. The quantitative estimate of drug-likeness (QED) is 0.851. The largest absolute Gasteiger partial charge is 0.491 e. The fourth-order valence-corrected chi connectivity index (χ4v) is 3.53. The Hall–Kier alpha value is -1.30. The molecule has 6 heteroatoms.